The Hall–Kier alpha value is -7.95. The largest absolute Gasteiger partial charge is 0.309 e. The summed E-state index contributed by atoms with van der Waals surface area (Å²) in [5.74, 6) is 0. The quantitative estimate of drug-likeness (QED) is 0.170. The first-order chi connectivity index (χ1) is 32.5. The van der Waals surface area contributed by atoms with E-state index in [2.05, 4.69) is 225 Å². The molecule has 0 amide bonds. The van der Waals surface area contributed by atoms with Gasteiger partial charge in [-0.05, 0) is 122 Å². The standard InChI is InChI=1S/C63H46N4/c1-62(2,3)39-30-47-46-26-35-16-10-11-17-36(35)29-53(46)66-54-34-64-61-57(56(54)49(32-39)58(47)66)50-33-40(63(4,5)6)31-48-55-42-21-13-12-18-37(42)27-44(60(55)67(61)59(48)50)38-24-25-52-45(28-38)43-22-14-15-23-51(43)65(52)41-19-8-7-9-20-41/h7-34H,1-6H3. The average Bonchev–Trinajstić information content (AvgIpc) is 4.12. The summed E-state index contributed by atoms with van der Waals surface area (Å²) in [6.45, 7) is 14.1. The van der Waals surface area contributed by atoms with Gasteiger partial charge in [0.05, 0.1) is 44.8 Å². The Kier molecular flexibility index (Phi) is 6.94. The molecule has 15 aromatic rings. The van der Waals surface area contributed by atoms with Gasteiger partial charge in [0.15, 0.2) is 0 Å². The molecule has 0 atom stereocenters. The SMILES string of the molecule is CC(C)(C)c1cc2c3cc4ccccc4cc3n3c4cnc5c(c6cc(C(C)(C)C)cc7c8c9ccccc9cc(-c9ccc%10c(c9)c9ccccc9n%10-c9ccccc9)c8n5c67)c4c(c1)c23. The lowest BCUT2D eigenvalue weighted by Gasteiger charge is -2.20. The van der Waals surface area contributed by atoms with E-state index >= 15 is 0 Å². The number of hydrogen-bond acceptors (Lipinski definition) is 1. The molecule has 0 saturated carbocycles. The van der Waals surface area contributed by atoms with E-state index in [4.69, 9.17) is 4.98 Å². The van der Waals surface area contributed by atoms with Crippen LogP contribution >= 0.6 is 0 Å². The Morgan fingerprint density at radius 2 is 0.955 bits per heavy atom. The van der Waals surface area contributed by atoms with Crippen LogP contribution in [0.2, 0.25) is 0 Å². The lowest BCUT2D eigenvalue weighted by Crippen LogP contribution is -2.10. The van der Waals surface area contributed by atoms with Gasteiger partial charge in [0.25, 0.3) is 0 Å². The molecule has 0 aliphatic heterocycles. The molecule has 6 heterocycles. The molecule has 4 nitrogen and oxygen atoms in total. The van der Waals surface area contributed by atoms with Crippen molar-refractivity contribution in [3.8, 4) is 16.8 Å². The predicted molar refractivity (Wildman–Crippen MR) is 286 cm³/mol. The smallest absolute Gasteiger partial charge is 0.146 e. The van der Waals surface area contributed by atoms with E-state index in [0.29, 0.717) is 0 Å². The van der Waals surface area contributed by atoms with Crippen LogP contribution in [-0.2, 0) is 10.8 Å². The molecule has 0 saturated heterocycles. The van der Waals surface area contributed by atoms with Crippen molar-refractivity contribution in [1.82, 2.24) is 18.4 Å². The van der Waals surface area contributed by atoms with Crippen LogP contribution in [0.25, 0.3) is 136 Å². The van der Waals surface area contributed by atoms with Crippen molar-refractivity contribution < 1.29 is 0 Å². The molecule has 0 radical (unpaired) electrons. The third kappa shape index (κ3) is 4.79. The molecule has 0 unspecified atom stereocenters. The van der Waals surface area contributed by atoms with Crippen molar-refractivity contribution in [3.63, 3.8) is 0 Å². The molecule has 0 aliphatic rings. The van der Waals surface area contributed by atoms with Crippen molar-refractivity contribution in [2.75, 3.05) is 0 Å². The first-order valence-corrected chi connectivity index (χ1v) is 23.7. The Morgan fingerprint density at radius 3 is 1.70 bits per heavy atom. The van der Waals surface area contributed by atoms with Crippen molar-refractivity contribution in [1.29, 1.82) is 0 Å². The monoisotopic (exact) mass is 858 g/mol. The van der Waals surface area contributed by atoms with Gasteiger partial charge in [-0.15, -0.1) is 0 Å². The van der Waals surface area contributed by atoms with Crippen LogP contribution in [0.5, 0.6) is 0 Å². The van der Waals surface area contributed by atoms with Gasteiger partial charge >= 0.3 is 0 Å². The van der Waals surface area contributed by atoms with Gasteiger partial charge in [-0.2, -0.15) is 0 Å². The highest BCUT2D eigenvalue weighted by Crippen LogP contribution is 2.51. The fraction of sp³-hybridized carbons (Fsp3) is 0.127. The minimum atomic E-state index is -0.0966. The number of hydrogen-bond donors (Lipinski definition) is 0. The Morgan fingerprint density at radius 1 is 0.373 bits per heavy atom. The summed E-state index contributed by atoms with van der Waals surface area (Å²) >= 11 is 0. The van der Waals surface area contributed by atoms with E-state index in [9.17, 15) is 0 Å². The van der Waals surface area contributed by atoms with Crippen LogP contribution in [0.4, 0.5) is 0 Å². The van der Waals surface area contributed by atoms with Crippen molar-refractivity contribution in [2.45, 2.75) is 52.4 Å². The first kappa shape index (κ1) is 37.3. The van der Waals surface area contributed by atoms with Gasteiger partial charge in [0.2, 0.25) is 0 Å². The third-order valence-electron chi connectivity index (χ3n) is 15.3. The maximum absolute atomic E-state index is 5.66. The molecule has 318 valence electrons. The van der Waals surface area contributed by atoms with E-state index < -0.39 is 0 Å². The molecule has 0 fully saturated rings. The van der Waals surface area contributed by atoms with E-state index in [1.807, 2.05) is 0 Å². The van der Waals surface area contributed by atoms with Gasteiger partial charge in [-0.3, -0.25) is 4.40 Å². The van der Waals surface area contributed by atoms with E-state index in [0.717, 1.165) is 16.9 Å². The molecular formula is C63H46N4. The van der Waals surface area contributed by atoms with E-state index in [1.54, 1.807) is 0 Å². The van der Waals surface area contributed by atoms with Crippen LogP contribution < -0.4 is 0 Å². The highest BCUT2D eigenvalue weighted by molar-refractivity contribution is 6.37. The van der Waals surface area contributed by atoms with E-state index in [-0.39, 0.29) is 10.8 Å². The van der Waals surface area contributed by atoms with E-state index in [1.165, 1.54) is 131 Å². The van der Waals surface area contributed by atoms with Gasteiger partial charge in [-0.1, -0.05) is 133 Å². The Bertz CT molecular complexity index is 4620. The minimum Gasteiger partial charge on any atom is -0.309 e. The average molecular weight is 859 g/mol. The highest BCUT2D eigenvalue weighted by Gasteiger charge is 2.30. The number of benzene rings is 9. The molecule has 15 rings (SSSR count). The second-order valence-corrected chi connectivity index (χ2v) is 21.2. The number of aromatic nitrogens is 4. The molecule has 9 aromatic carbocycles. The summed E-state index contributed by atoms with van der Waals surface area (Å²) in [7, 11) is 0. The zero-order chi connectivity index (χ0) is 44.8. The number of nitrogens with zero attached hydrogens (tertiary/aromatic N) is 4. The molecule has 0 N–H and O–H groups in total. The van der Waals surface area contributed by atoms with Crippen molar-refractivity contribution >= 4 is 120 Å². The van der Waals surface area contributed by atoms with Crippen molar-refractivity contribution in [3.05, 3.63) is 181 Å². The predicted octanol–water partition coefficient (Wildman–Crippen LogP) is 17.0. The van der Waals surface area contributed by atoms with Crippen LogP contribution in [0.1, 0.15) is 52.7 Å². The Labute approximate surface area is 386 Å². The van der Waals surface area contributed by atoms with Crippen LogP contribution in [0.15, 0.2) is 170 Å². The van der Waals surface area contributed by atoms with Crippen molar-refractivity contribution in [2.24, 2.45) is 0 Å². The number of fused-ring (bicyclic) bond motifs is 19. The molecule has 0 aliphatic carbocycles. The zero-order valence-corrected chi connectivity index (χ0v) is 38.5. The van der Waals surface area contributed by atoms with Gasteiger partial charge in [0, 0.05) is 65.1 Å². The Balaban J connectivity index is 1.14. The molecule has 0 spiro atoms. The van der Waals surface area contributed by atoms with Gasteiger partial charge < -0.3 is 8.97 Å². The summed E-state index contributed by atoms with van der Waals surface area (Å²) in [6, 6.07) is 61.7. The first-order valence-electron chi connectivity index (χ1n) is 23.7. The second kappa shape index (κ2) is 12.5. The summed E-state index contributed by atoms with van der Waals surface area (Å²) in [6.07, 6.45) is 2.18. The molecule has 67 heavy (non-hydrogen) atoms. The summed E-state index contributed by atoms with van der Waals surface area (Å²) < 4.78 is 7.48. The highest BCUT2D eigenvalue weighted by atomic mass is 15.0. The maximum Gasteiger partial charge on any atom is 0.146 e. The number of rotatable bonds is 2. The lowest BCUT2D eigenvalue weighted by molar-refractivity contribution is 0.591. The maximum atomic E-state index is 5.66. The molecular weight excluding hydrogens is 813 g/mol. The third-order valence-corrected chi connectivity index (χ3v) is 15.3. The van der Waals surface area contributed by atoms with Crippen LogP contribution in [0, 0.1) is 0 Å². The molecule has 0 bridgehead atoms. The second-order valence-electron chi connectivity index (χ2n) is 21.2. The molecule has 4 heteroatoms. The lowest BCUT2D eigenvalue weighted by atomic mass is 9.84. The fourth-order valence-corrected chi connectivity index (χ4v) is 12.1. The summed E-state index contributed by atoms with van der Waals surface area (Å²) in [5, 5.41) is 17.8. The van der Waals surface area contributed by atoms with Gasteiger partial charge in [-0.25, -0.2) is 4.98 Å². The summed E-state index contributed by atoms with van der Waals surface area (Å²) in [4.78, 5) is 5.66. The minimum absolute atomic E-state index is 0.0553. The zero-order valence-electron chi connectivity index (χ0n) is 38.5. The molecule has 6 aromatic heterocycles. The number of pyridine rings is 1. The fourth-order valence-electron chi connectivity index (χ4n) is 12.1. The normalized spacial score (nSPS) is 13.2. The van der Waals surface area contributed by atoms with Crippen LogP contribution in [-0.4, -0.2) is 18.4 Å². The number of para-hydroxylation sites is 2. The summed E-state index contributed by atoms with van der Waals surface area (Å²) in [5.41, 5.74) is 15.6. The van der Waals surface area contributed by atoms with Crippen LogP contribution in [0.3, 0.4) is 0 Å². The topological polar surface area (TPSA) is 26.6 Å². The van der Waals surface area contributed by atoms with Gasteiger partial charge in [0.1, 0.15) is 5.65 Å².